The van der Waals surface area contributed by atoms with E-state index >= 15 is 0 Å². The minimum Gasteiger partial charge on any atom is -0.478 e. The maximum absolute atomic E-state index is 12.4. The highest BCUT2D eigenvalue weighted by Gasteiger charge is 2.20. The molecule has 0 spiro atoms. The number of aromatic carboxylic acids is 1. The van der Waals surface area contributed by atoms with Crippen molar-refractivity contribution in [1.29, 1.82) is 0 Å². The van der Waals surface area contributed by atoms with Crippen molar-refractivity contribution in [3.63, 3.8) is 0 Å². The monoisotopic (exact) mass is 325 g/mol. The fourth-order valence-corrected chi connectivity index (χ4v) is 4.00. The molecule has 0 atom stereocenters. The number of benzene rings is 1. The predicted octanol–water partition coefficient (Wildman–Crippen LogP) is 2.69. The van der Waals surface area contributed by atoms with Crippen molar-refractivity contribution in [3.8, 4) is 0 Å². The Morgan fingerprint density at radius 2 is 2.10 bits per heavy atom. The number of carboxylic acids is 1. The van der Waals surface area contributed by atoms with Crippen LogP contribution < -0.4 is 0 Å². The largest absolute Gasteiger partial charge is 0.478 e. The first kappa shape index (κ1) is 15.7. The highest BCUT2D eigenvalue weighted by Crippen LogP contribution is 2.21. The Hall–Kier alpha value is -1.73. The molecule has 0 saturated heterocycles. The summed E-state index contributed by atoms with van der Waals surface area (Å²) in [5.74, 6) is -1.34. The molecule has 0 saturated carbocycles. The molecule has 1 heterocycles. The zero-order chi connectivity index (χ0) is 15.6. The molecule has 0 unspecified atom stereocenters. The highest BCUT2D eigenvalue weighted by molar-refractivity contribution is 7.90. The molecule has 2 rings (SSSR count). The van der Waals surface area contributed by atoms with Crippen LogP contribution in [0.25, 0.3) is 0 Å². The molecule has 0 amide bonds. The molecule has 0 aliphatic heterocycles. The number of carbonyl (C=O) groups is 1. The van der Waals surface area contributed by atoms with Gasteiger partial charge in [0.2, 0.25) is 0 Å². The number of rotatable bonds is 5. The lowest BCUT2D eigenvalue weighted by molar-refractivity contribution is 0.0695. The van der Waals surface area contributed by atoms with Crippen LogP contribution in [0, 0.1) is 6.92 Å². The molecule has 112 valence electrons. The third-order valence-electron chi connectivity index (χ3n) is 3.06. The summed E-state index contributed by atoms with van der Waals surface area (Å²) in [4.78, 5) is 15.4. The number of hydrogen-bond acceptors (Lipinski definition) is 5. The Kier molecular flexibility index (Phi) is 4.43. The van der Waals surface area contributed by atoms with Gasteiger partial charge in [0.1, 0.15) is 0 Å². The lowest BCUT2D eigenvalue weighted by Gasteiger charge is -2.07. The second-order valence-electron chi connectivity index (χ2n) is 4.59. The van der Waals surface area contributed by atoms with Crippen LogP contribution in [0.1, 0.15) is 33.5 Å². The predicted molar refractivity (Wildman–Crippen MR) is 80.5 cm³/mol. The first-order chi connectivity index (χ1) is 9.83. The van der Waals surface area contributed by atoms with Gasteiger partial charge in [-0.15, -0.1) is 11.3 Å². The van der Waals surface area contributed by atoms with Crippen LogP contribution in [0.15, 0.2) is 28.5 Å². The third kappa shape index (κ3) is 3.48. The van der Waals surface area contributed by atoms with Crippen LogP contribution in [0.4, 0.5) is 0 Å². The summed E-state index contributed by atoms with van der Waals surface area (Å²) in [6.45, 7) is 3.63. The number of thiazole rings is 1. The number of sulfone groups is 1. The Bertz CT molecular complexity index is 778. The average molecular weight is 325 g/mol. The van der Waals surface area contributed by atoms with Gasteiger partial charge < -0.3 is 5.11 Å². The van der Waals surface area contributed by atoms with Crippen LogP contribution in [0.5, 0.6) is 0 Å². The number of aryl methyl sites for hydroxylation is 2. The van der Waals surface area contributed by atoms with Crippen LogP contribution in [0.2, 0.25) is 0 Å². The molecule has 0 aliphatic rings. The van der Waals surface area contributed by atoms with Gasteiger partial charge in [0.05, 0.1) is 26.9 Å². The van der Waals surface area contributed by atoms with E-state index in [2.05, 4.69) is 4.98 Å². The van der Waals surface area contributed by atoms with E-state index in [-0.39, 0.29) is 16.2 Å². The molecule has 0 fully saturated rings. The Labute approximate surface area is 127 Å². The van der Waals surface area contributed by atoms with Crippen molar-refractivity contribution in [2.45, 2.75) is 30.9 Å². The van der Waals surface area contributed by atoms with Gasteiger partial charge in [0.15, 0.2) is 9.84 Å². The molecular weight excluding hydrogens is 310 g/mol. The molecular formula is C14H15NO4S2. The summed E-state index contributed by atoms with van der Waals surface area (Å²) >= 11 is 1.38. The summed E-state index contributed by atoms with van der Waals surface area (Å²) in [6.07, 6.45) is 0.535. The first-order valence-corrected chi connectivity index (χ1v) is 8.86. The number of aromatic nitrogens is 1. The number of carboxylic acid groups (broad SMARTS) is 1. The molecule has 0 bridgehead atoms. The van der Waals surface area contributed by atoms with Gasteiger partial charge in [-0.2, -0.15) is 0 Å². The fourth-order valence-electron chi connectivity index (χ4n) is 2.01. The van der Waals surface area contributed by atoms with E-state index in [1.54, 1.807) is 18.4 Å². The molecule has 21 heavy (non-hydrogen) atoms. The zero-order valence-corrected chi connectivity index (χ0v) is 13.3. The van der Waals surface area contributed by atoms with Gasteiger partial charge in [0, 0.05) is 5.38 Å². The van der Waals surface area contributed by atoms with Crippen molar-refractivity contribution >= 4 is 27.1 Å². The molecule has 1 N–H and O–H groups in total. The van der Waals surface area contributed by atoms with E-state index in [0.717, 1.165) is 5.01 Å². The Morgan fingerprint density at radius 1 is 1.38 bits per heavy atom. The second kappa shape index (κ2) is 5.95. The average Bonchev–Trinajstić information content (AvgIpc) is 2.82. The van der Waals surface area contributed by atoms with Gasteiger partial charge >= 0.3 is 5.97 Å². The van der Waals surface area contributed by atoms with Crippen LogP contribution >= 0.6 is 11.3 Å². The minimum atomic E-state index is -3.60. The van der Waals surface area contributed by atoms with E-state index in [1.165, 1.54) is 23.5 Å². The minimum absolute atomic E-state index is 0.0164. The second-order valence-corrected chi connectivity index (χ2v) is 7.65. The topological polar surface area (TPSA) is 84.3 Å². The summed E-state index contributed by atoms with van der Waals surface area (Å²) in [5, 5.41) is 11.7. The fraction of sp³-hybridized carbons (Fsp3) is 0.286. The van der Waals surface area contributed by atoms with Crippen LogP contribution in [0.3, 0.4) is 0 Å². The third-order valence-corrected chi connectivity index (χ3v) is 5.53. The quantitative estimate of drug-likeness (QED) is 0.913. The van der Waals surface area contributed by atoms with E-state index in [4.69, 9.17) is 0 Å². The van der Waals surface area contributed by atoms with Crippen molar-refractivity contribution in [2.24, 2.45) is 0 Å². The Balaban J connectivity index is 2.40. The smallest absolute Gasteiger partial charge is 0.336 e. The maximum atomic E-state index is 12.4. The first-order valence-electron chi connectivity index (χ1n) is 6.33. The van der Waals surface area contributed by atoms with E-state index in [1.807, 2.05) is 6.92 Å². The van der Waals surface area contributed by atoms with E-state index in [9.17, 15) is 18.3 Å². The van der Waals surface area contributed by atoms with Gasteiger partial charge in [-0.25, -0.2) is 18.2 Å². The van der Waals surface area contributed by atoms with Crippen molar-refractivity contribution in [3.05, 3.63) is 45.4 Å². The molecule has 5 nitrogen and oxygen atoms in total. The summed E-state index contributed by atoms with van der Waals surface area (Å²) in [5.41, 5.74) is 1.13. The van der Waals surface area contributed by atoms with Crippen LogP contribution in [-0.4, -0.2) is 24.5 Å². The van der Waals surface area contributed by atoms with Crippen molar-refractivity contribution in [2.75, 3.05) is 0 Å². The van der Waals surface area contributed by atoms with Gasteiger partial charge in [-0.1, -0.05) is 13.0 Å². The van der Waals surface area contributed by atoms with Gasteiger partial charge in [0.25, 0.3) is 0 Å². The molecule has 0 aliphatic carbocycles. The van der Waals surface area contributed by atoms with E-state index in [0.29, 0.717) is 17.7 Å². The number of hydrogen-bond donors (Lipinski definition) is 1. The lowest BCUT2D eigenvalue weighted by Crippen LogP contribution is -2.09. The van der Waals surface area contributed by atoms with Gasteiger partial charge in [-0.05, 0) is 31.0 Å². The lowest BCUT2D eigenvalue weighted by atomic mass is 10.1. The number of nitrogens with zero attached hydrogens (tertiary/aromatic N) is 1. The van der Waals surface area contributed by atoms with Crippen LogP contribution in [-0.2, 0) is 22.0 Å². The normalized spacial score (nSPS) is 11.5. The summed E-state index contributed by atoms with van der Waals surface area (Å²) in [6, 6.07) is 4.25. The van der Waals surface area contributed by atoms with E-state index < -0.39 is 15.8 Å². The molecule has 7 heteroatoms. The van der Waals surface area contributed by atoms with Gasteiger partial charge in [-0.3, -0.25) is 0 Å². The molecule has 0 radical (unpaired) electrons. The Morgan fingerprint density at radius 3 is 2.62 bits per heavy atom. The SMILES string of the molecule is CCc1ccc(S(=O)(=O)Cc2csc(C)n2)cc1C(=O)O. The van der Waals surface area contributed by atoms with Crippen molar-refractivity contribution < 1.29 is 18.3 Å². The van der Waals surface area contributed by atoms with Crippen molar-refractivity contribution in [1.82, 2.24) is 4.98 Å². The standard InChI is InChI=1S/C14H15NO4S2/c1-3-10-4-5-12(6-13(10)14(16)17)21(18,19)8-11-7-20-9(2)15-11/h4-7H,3,8H2,1-2H3,(H,16,17). The maximum Gasteiger partial charge on any atom is 0.336 e. The molecule has 1 aromatic heterocycles. The summed E-state index contributed by atoms with van der Waals surface area (Å²) in [7, 11) is -3.60. The molecule has 2 aromatic rings. The highest BCUT2D eigenvalue weighted by atomic mass is 32.2. The summed E-state index contributed by atoms with van der Waals surface area (Å²) < 4.78 is 24.7. The zero-order valence-electron chi connectivity index (χ0n) is 11.7. The molecule has 1 aromatic carbocycles.